The maximum absolute atomic E-state index is 11.0. The zero-order valence-corrected chi connectivity index (χ0v) is 6.35. The Morgan fingerprint density at radius 2 is 2.36 bits per heavy atom. The van der Waals surface area contributed by atoms with Gasteiger partial charge in [-0.15, -0.1) is 5.10 Å². The average Bonchev–Trinajstić information content (AvgIpc) is 2.39. The van der Waals surface area contributed by atoms with Crippen molar-refractivity contribution in [3.8, 4) is 0 Å². The van der Waals surface area contributed by atoms with Gasteiger partial charge in [-0.25, -0.2) is 4.68 Å². The van der Waals surface area contributed by atoms with E-state index in [-0.39, 0.29) is 12.5 Å². The van der Waals surface area contributed by atoms with Crippen LogP contribution in [0.2, 0.25) is 0 Å². The van der Waals surface area contributed by atoms with E-state index in [0.29, 0.717) is 0 Å². The second-order valence-corrected chi connectivity index (χ2v) is 2.22. The van der Waals surface area contributed by atoms with Crippen molar-refractivity contribution >= 4 is 5.91 Å². The highest BCUT2D eigenvalue weighted by atomic mass is 16.2. The van der Waals surface area contributed by atoms with E-state index >= 15 is 0 Å². The van der Waals surface area contributed by atoms with Gasteiger partial charge in [0, 0.05) is 14.1 Å². The average molecular weight is 154 g/mol. The fourth-order valence-electron chi connectivity index (χ4n) is 0.496. The highest BCUT2D eigenvalue weighted by Gasteiger charge is 2.04. The van der Waals surface area contributed by atoms with Crippen LogP contribution >= 0.6 is 0 Å². The SMILES string of the molecule is CN(C)C(=O)Cn1[c]nnn1. The molecular formula is C5H8N5O. The van der Waals surface area contributed by atoms with E-state index in [0.717, 1.165) is 0 Å². The van der Waals surface area contributed by atoms with E-state index in [4.69, 9.17) is 0 Å². The highest BCUT2D eigenvalue weighted by molar-refractivity contribution is 5.75. The summed E-state index contributed by atoms with van der Waals surface area (Å²) < 4.78 is 1.25. The summed E-state index contributed by atoms with van der Waals surface area (Å²) in [5, 5.41) is 10.1. The molecule has 6 nitrogen and oxygen atoms in total. The zero-order chi connectivity index (χ0) is 8.27. The predicted octanol–water partition coefficient (Wildman–Crippen LogP) is -1.44. The monoisotopic (exact) mass is 154 g/mol. The van der Waals surface area contributed by atoms with Gasteiger partial charge in [-0.1, -0.05) is 0 Å². The molecule has 1 aromatic heterocycles. The predicted molar refractivity (Wildman–Crippen MR) is 35.3 cm³/mol. The van der Waals surface area contributed by atoms with Crippen LogP contribution in [0, 0.1) is 6.33 Å². The number of carbonyl (C=O) groups is 1. The van der Waals surface area contributed by atoms with Gasteiger partial charge < -0.3 is 4.90 Å². The summed E-state index contributed by atoms with van der Waals surface area (Å²) in [5.41, 5.74) is 0. The normalized spacial score (nSPS) is 9.64. The van der Waals surface area contributed by atoms with Gasteiger partial charge in [0.15, 0.2) is 0 Å². The van der Waals surface area contributed by atoms with Crippen molar-refractivity contribution in [1.82, 2.24) is 25.1 Å². The molecule has 6 heteroatoms. The minimum atomic E-state index is -0.0615. The highest BCUT2D eigenvalue weighted by Crippen LogP contribution is 1.82. The van der Waals surface area contributed by atoms with Crippen LogP contribution in [0.3, 0.4) is 0 Å². The molecule has 0 aliphatic heterocycles. The third-order valence-corrected chi connectivity index (χ3v) is 1.14. The third-order valence-electron chi connectivity index (χ3n) is 1.14. The van der Waals surface area contributed by atoms with Gasteiger partial charge in [-0.2, -0.15) is 0 Å². The van der Waals surface area contributed by atoms with Crippen molar-refractivity contribution in [3.63, 3.8) is 0 Å². The van der Waals surface area contributed by atoms with Crippen LogP contribution in [0.4, 0.5) is 0 Å². The number of carbonyl (C=O) groups excluding carboxylic acids is 1. The van der Waals surface area contributed by atoms with E-state index < -0.39 is 0 Å². The number of amides is 1. The first-order valence-corrected chi connectivity index (χ1v) is 3.04. The molecular weight excluding hydrogens is 146 g/mol. The third kappa shape index (κ3) is 1.99. The zero-order valence-electron chi connectivity index (χ0n) is 6.35. The largest absolute Gasteiger partial charge is 0.347 e. The fraction of sp³-hybridized carbons (Fsp3) is 0.600. The van der Waals surface area contributed by atoms with Crippen LogP contribution in [0.25, 0.3) is 0 Å². The number of hydrogen-bond acceptors (Lipinski definition) is 4. The standard InChI is InChI=1S/C5H8N5O/c1-9(2)5(11)3-10-4-6-7-8-10/h3H2,1-2H3. The van der Waals surface area contributed by atoms with Gasteiger partial charge in [0.1, 0.15) is 6.54 Å². The van der Waals surface area contributed by atoms with Crippen molar-refractivity contribution in [1.29, 1.82) is 0 Å². The molecule has 0 aromatic carbocycles. The van der Waals surface area contributed by atoms with E-state index in [1.54, 1.807) is 14.1 Å². The Bertz CT molecular complexity index is 229. The first-order chi connectivity index (χ1) is 5.20. The summed E-state index contributed by atoms with van der Waals surface area (Å²) in [4.78, 5) is 12.5. The Kier molecular flexibility index (Phi) is 2.15. The number of aromatic nitrogens is 4. The maximum atomic E-state index is 11.0. The molecule has 0 unspecified atom stereocenters. The minimum Gasteiger partial charge on any atom is -0.347 e. The molecule has 59 valence electrons. The Morgan fingerprint density at radius 1 is 1.64 bits per heavy atom. The summed E-state index contributed by atoms with van der Waals surface area (Å²) in [5.74, 6) is -0.0615. The smallest absolute Gasteiger partial charge is 0.243 e. The number of nitrogens with zero attached hydrogens (tertiary/aromatic N) is 5. The molecule has 0 spiro atoms. The lowest BCUT2D eigenvalue weighted by Crippen LogP contribution is -2.26. The van der Waals surface area contributed by atoms with Crippen LogP contribution < -0.4 is 0 Å². The first kappa shape index (κ1) is 7.64. The van der Waals surface area contributed by atoms with Crippen molar-refractivity contribution in [2.75, 3.05) is 14.1 Å². The van der Waals surface area contributed by atoms with Crippen LogP contribution in [0.15, 0.2) is 0 Å². The summed E-state index contributed by atoms with van der Waals surface area (Å²) in [6, 6.07) is 0. The Morgan fingerprint density at radius 3 is 2.82 bits per heavy atom. The van der Waals surface area contributed by atoms with Crippen molar-refractivity contribution < 1.29 is 4.79 Å². The lowest BCUT2D eigenvalue weighted by molar-refractivity contribution is -0.129. The summed E-state index contributed by atoms with van der Waals surface area (Å²) in [6.07, 6.45) is 2.42. The molecule has 1 rings (SSSR count). The van der Waals surface area contributed by atoms with Gasteiger partial charge in [-0.05, 0) is 10.4 Å². The molecule has 1 radical (unpaired) electrons. The molecule has 1 heterocycles. The maximum Gasteiger partial charge on any atom is 0.243 e. The number of tetrazole rings is 1. The molecule has 1 aromatic rings. The molecule has 0 fully saturated rings. The molecule has 0 N–H and O–H groups in total. The second-order valence-electron chi connectivity index (χ2n) is 2.22. The van der Waals surface area contributed by atoms with Crippen molar-refractivity contribution in [3.05, 3.63) is 6.33 Å². The summed E-state index contributed by atoms with van der Waals surface area (Å²) >= 11 is 0. The Balaban J connectivity index is 2.50. The summed E-state index contributed by atoms with van der Waals surface area (Å²) in [7, 11) is 3.35. The fourth-order valence-corrected chi connectivity index (χ4v) is 0.496. The molecule has 0 saturated carbocycles. The van der Waals surface area contributed by atoms with E-state index in [1.165, 1.54) is 9.58 Å². The molecule has 0 bridgehead atoms. The Labute approximate surface area is 63.8 Å². The van der Waals surface area contributed by atoms with Gasteiger partial charge in [-0.3, -0.25) is 4.79 Å². The van der Waals surface area contributed by atoms with E-state index in [1.807, 2.05) is 0 Å². The van der Waals surface area contributed by atoms with E-state index in [2.05, 4.69) is 21.9 Å². The van der Waals surface area contributed by atoms with Crippen LogP contribution in [-0.4, -0.2) is 45.1 Å². The first-order valence-electron chi connectivity index (χ1n) is 3.04. The number of likely N-dealkylation sites (N-methyl/N-ethyl adjacent to an activating group) is 1. The van der Waals surface area contributed by atoms with Gasteiger partial charge in [0.2, 0.25) is 12.2 Å². The molecule has 0 aliphatic carbocycles. The molecule has 1 amide bonds. The molecule has 0 aliphatic rings. The lowest BCUT2D eigenvalue weighted by atomic mass is 10.5. The van der Waals surface area contributed by atoms with Gasteiger partial charge >= 0.3 is 0 Å². The number of hydrogen-bond donors (Lipinski definition) is 0. The number of rotatable bonds is 2. The van der Waals surface area contributed by atoms with Crippen molar-refractivity contribution in [2.45, 2.75) is 6.54 Å². The van der Waals surface area contributed by atoms with Crippen LogP contribution in [-0.2, 0) is 11.3 Å². The lowest BCUT2D eigenvalue weighted by Gasteiger charge is -2.08. The second kappa shape index (κ2) is 3.09. The van der Waals surface area contributed by atoms with E-state index in [9.17, 15) is 4.79 Å². The summed E-state index contributed by atoms with van der Waals surface area (Å²) in [6.45, 7) is 0.139. The quantitative estimate of drug-likeness (QED) is 0.523. The van der Waals surface area contributed by atoms with Crippen molar-refractivity contribution in [2.24, 2.45) is 0 Å². The molecule has 0 atom stereocenters. The minimum absolute atomic E-state index is 0.0615. The van der Waals surface area contributed by atoms with Gasteiger partial charge in [0.25, 0.3) is 0 Å². The Hall–Kier alpha value is -1.46. The van der Waals surface area contributed by atoms with Crippen LogP contribution in [0.5, 0.6) is 0 Å². The van der Waals surface area contributed by atoms with Gasteiger partial charge in [0.05, 0.1) is 0 Å². The topological polar surface area (TPSA) is 63.9 Å². The van der Waals surface area contributed by atoms with Crippen LogP contribution in [0.1, 0.15) is 0 Å². The molecule has 0 saturated heterocycles. The molecule has 11 heavy (non-hydrogen) atoms.